The van der Waals surface area contributed by atoms with Crippen LogP contribution < -0.4 is 26.6 Å². The number of nitrogens with zero attached hydrogens (tertiary/aromatic N) is 3. The molecule has 4 aromatic rings. The molecule has 6 N–H and O–H groups in total. The fourth-order valence-electron chi connectivity index (χ4n) is 4.31. The van der Waals surface area contributed by atoms with E-state index in [1.165, 1.54) is 0 Å². The van der Waals surface area contributed by atoms with E-state index in [2.05, 4.69) is 64.1 Å². The number of halogens is 1. The summed E-state index contributed by atoms with van der Waals surface area (Å²) in [7, 11) is 0. The number of carbonyl (C=O) groups excluding carboxylic acids is 2. The van der Waals surface area contributed by atoms with Crippen LogP contribution in [0.1, 0.15) is 20.7 Å². The van der Waals surface area contributed by atoms with Crippen LogP contribution in [0.15, 0.2) is 78.9 Å². The average molecular weight is 815 g/mol. The molecular formula is C35H43IN8O7. The van der Waals surface area contributed by atoms with E-state index >= 15 is 0 Å². The maximum atomic E-state index is 12.6. The van der Waals surface area contributed by atoms with Crippen LogP contribution >= 0.6 is 22.6 Å². The molecule has 0 unspecified atom stereocenters. The van der Waals surface area contributed by atoms with Gasteiger partial charge in [0.15, 0.2) is 0 Å². The first-order chi connectivity index (χ1) is 25.0. The Hall–Kier alpha value is -4.62. The molecular weight excluding hydrogens is 771 g/mol. The summed E-state index contributed by atoms with van der Waals surface area (Å²) >= 11 is 2.25. The molecule has 0 saturated carbocycles. The summed E-state index contributed by atoms with van der Waals surface area (Å²) in [6.07, 6.45) is 0. The topological polar surface area (TPSA) is 190 Å². The molecule has 0 bridgehead atoms. The minimum absolute atomic E-state index is 0.0947. The summed E-state index contributed by atoms with van der Waals surface area (Å²) in [6, 6.07) is 22.5. The Kier molecular flexibility index (Phi) is 17.6. The zero-order chi connectivity index (χ0) is 35.9. The van der Waals surface area contributed by atoms with Gasteiger partial charge in [0.05, 0.1) is 52.9 Å². The van der Waals surface area contributed by atoms with E-state index in [9.17, 15) is 14.7 Å². The molecule has 0 fully saturated rings. The van der Waals surface area contributed by atoms with Crippen molar-refractivity contribution in [3.8, 4) is 5.75 Å². The van der Waals surface area contributed by atoms with E-state index in [4.69, 9.17) is 18.9 Å². The first-order valence-electron chi connectivity index (χ1n) is 16.4. The molecule has 1 aromatic heterocycles. The van der Waals surface area contributed by atoms with Gasteiger partial charge in [-0.05, 0) is 48.5 Å². The van der Waals surface area contributed by atoms with Crippen molar-refractivity contribution in [3.05, 3.63) is 90.0 Å². The quantitative estimate of drug-likeness (QED) is 0.0337. The van der Waals surface area contributed by atoms with Crippen LogP contribution in [0.3, 0.4) is 0 Å². The highest BCUT2D eigenvalue weighted by Gasteiger charge is 2.10. The van der Waals surface area contributed by atoms with Crippen LogP contribution in [0, 0.1) is 0 Å². The maximum absolute atomic E-state index is 12.6. The second kappa shape index (κ2) is 23.0. The fraction of sp³-hybridized carbons (Fsp3) is 0.343. The van der Waals surface area contributed by atoms with Gasteiger partial charge >= 0.3 is 0 Å². The summed E-state index contributed by atoms with van der Waals surface area (Å²) in [4.78, 5) is 38.0. The van der Waals surface area contributed by atoms with Crippen LogP contribution in [0.5, 0.6) is 5.75 Å². The lowest BCUT2D eigenvalue weighted by atomic mass is 10.2. The third kappa shape index (κ3) is 15.4. The zero-order valence-corrected chi connectivity index (χ0v) is 30.3. The molecule has 2 amide bonds. The van der Waals surface area contributed by atoms with Crippen LogP contribution in [0.2, 0.25) is 0 Å². The lowest BCUT2D eigenvalue weighted by Gasteiger charge is -2.12. The van der Waals surface area contributed by atoms with Crippen molar-refractivity contribution >= 4 is 63.6 Å². The van der Waals surface area contributed by atoms with Crippen molar-refractivity contribution in [1.29, 1.82) is 0 Å². The van der Waals surface area contributed by atoms with E-state index in [0.717, 1.165) is 4.43 Å². The predicted molar refractivity (Wildman–Crippen MR) is 203 cm³/mol. The molecule has 272 valence electrons. The van der Waals surface area contributed by atoms with Crippen molar-refractivity contribution < 1.29 is 33.6 Å². The monoisotopic (exact) mass is 814 g/mol. The highest BCUT2D eigenvalue weighted by molar-refractivity contribution is 14.1. The van der Waals surface area contributed by atoms with Gasteiger partial charge in [0, 0.05) is 52.6 Å². The molecule has 4 rings (SSSR count). The number of nitrogens with one attached hydrogen (secondary N) is 5. The molecule has 0 aliphatic rings. The molecule has 3 aromatic carbocycles. The predicted octanol–water partition coefficient (Wildman–Crippen LogP) is 4.14. The number of benzene rings is 3. The van der Waals surface area contributed by atoms with Crippen molar-refractivity contribution in [2.45, 2.75) is 0 Å². The standard InChI is InChI=1S/C35H43IN8O7/c36-13-17-48-21-22-49-19-15-38-32(47)27-9-11-28(12-10-27)40-34-42-33(43-35(44-34)41-29-7-4-8-30(45)25-29)39-16-20-51-24-23-50-18-14-37-31(46)26-5-2-1-3-6-26/h1-12,25,45H,13-24H2,(H,37,46)(H,38,47)(H3,39,40,41,42,43,44). The molecule has 15 nitrogen and oxygen atoms in total. The second-order valence-corrected chi connectivity index (χ2v) is 11.7. The van der Waals surface area contributed by atoms with E-state index < -0.39 is 0 Å². The van der Waals surface area contributed by atoms with Gasteiger partial charge in [0.1, 0.15) is 5.75 Å². The number of alkyl halides is 1. The van der Waals surface area contributed by atoms with Gasteiger partial charge in [-0.25, -0.2) is 0 Å². The lowest BCUT2D eigenvalue weighted by molar-refractivity contribution is 0.0519. The van der Waals surface area contributed by atoms with Gasteiger partial charge < -0.3 is 50.6 Å². The Labute approximate surface area is 310 Å². The number of anilines is 5. The molecule has 0 radical (unpaired) electrons. The molecule has 0 aliphatic carbocycles. The molecule has 51 heavy (non-hydrogen) atoms. The summed E-state index contributed by atoms with van der Waals surface area (Å²) in [6.45, 7) is 4.78. The highest BCUT2D eigenvalue weighted by atomic mass is 127. The van der Waals surface area contributed by atoms with Gasteiger partial charge in [-0.1, -0.05) is 46.9 Å². The Morgan fingerprint density at radius 2 is 1.10 bits per heavy atom. The molecule has 0 spiro atoms. The van der Waals surface area contributed by atoms with E-state index in [0.29, 0.717) is 101 Å². The number of phenolic OH excluding ortho intramolecular Hbond substituents is 1. The van der Waals surface area contributed by atoms with Crippen molar-refractivity contribution in [1.82, 2.24) is 25.6 Å². The molecule has 16 heteroatoms. The maximum Gasteiger partial charge on any atom is 0.251 e. The Morgan fingerprint density at radius 3 is 1.69 bits per heavy atom. The van der Waals surface area contributed by atoms with Gasteiger partial charge in [0.2, 0.25) is 17.8 Å². The number of hydrogen-bond acceptors (Lipinski definition) is 13. The molecule has 0 aliphatic heterocycles. The van der Waals surface area contributed by atoms with Gasteiger partial charge in [0.25, 0.3) is 11.8 Å². The second-order valence-electron chi connectivity index (χ2n) is 10.6. The Morgan fingerprint density at radius 1 is 0.569 bits per heavy atom. The zero-order valence-electron chi connectivity index (χ0n) is 28.1. The normalized spacial score (nSPS) is 10.8. The van der Waals surface area contributed by atoms with Crippen LogP contribution in [0.25, 0.3) is 0 Å². The molecule has 1 heterocycles. The van der Waals surface area contributed by atoms with E-state index in [1.807, 2.05) is 18.2 Å². The number of ether oxygens (including phenoxy) is 4. The van der Waals surface area contributed by atoms with E-state index in [-0.39, 0.29) is 29.5 Å². The number of phenols is 1. The summed E-state index contributed by atoms with van der Waals surface area (Å²) in [5.74, 6) is 0.524. The number of aromatic nitrogens is 3. The summed E-state index contributed by atoms with van der Waals surface area (Å²) in [5.41, 5.74) is 2.35. The highest BCUT2D eigenvalue weighted by Crippen LogP contribution is 2.21. The molecule has 0 atom stereocenters. The van der Waals surface area contributed by atoms with E-state index in [1.54, 1.807) is 60.7 Å². The Bertz CT molecular complexity index is 1620. The summed E-state index contributed by atoms with van der Waals surface area (Å²) < 4.78 is 23.0. The van der Waals surface area contributed by atoms with Crippen LogP contribution in [-0.2, 0) is 18.9 Å². The first-order valence-corrected chi connectivity index (χ1v) is 17.9. The van der Waals surface area contributed by atoms with Crippen molar-refractivity contribution in [2.75, 3.05) is 92.9 Å². The first kappa shape index (κ1) is 39.2. The Balaban J connectivity index is 1.21. The number of aromatic hydroxyl groups is 1. The number of hydrogen-bond donors (Lipinski definition) is 6. The fourth-order valence-corrected chi connectivity index (χ4v) is 4.63. The van der Waals surface area contributed by atoms with Crippen molar-refractivity contribution in [3.63, 3.8) is 0 Å². The smallest absolute Gasteiger partial charge is 0.251 e. The van der Waals surface area contributed by atoms with Gasteiger partial charge in [-0.15, -0.1) is 0 Å². The van der Waals surface area contributed by atoms with Gasteiger partial charge in [-0.3, -0.25) is 9.59 Å². The molecule has 0 saturated heterocycles. The minimum Gasteiger partial charge on any atom is -0.508 e. The average Bonchev–Trinajstić information content (AvgIpc) is 3.14. The SMILES string of the molecule is O=C(NCCOCCOCCI)c1ccc(Nc2nc(NCCOCCOCCNC(=O)c3ccccc3)nc(Nc3cccc(O)c3)n2)cc1. The van der Waals surface area contributed by atoms with Gasteiger partial charge in [-0.2, -0.15) is 15.0 Å². The largest absolute Gasteiger partial charge is 0.508 e. The van der Waals surface area contributed by atoms with Crippen molar-refractivity contribution in [2.24, 2.45) is 0 Å². The number of amides is 2. The third-order valence-corrected chi connectivity index (χ3v) is 7.18. The minimum atomic E-state index is -0.211. The summed E-state index contributed by atoms with van der Waals surface area (Å²) in [5, 5.41) is 24.9. The number of rotatable bonds is 24. The third-order valence-electron chi connectivity index (χ3n) is 6.74. The number of carbonyl (C=O) groups is 2. The van der Waals surface area contributed by atoms with Crippen LogP contribution in [-0.4, -0.2) is 109 Å². The lowest BCUT2D eigenvalue weighted by Crippen LogP contribution is -2.27. The van der Waals surface area contributed by atoms with Crippen LogP contribution in [0.4, 0.5) is 29.2 Å².